The van der Waals surface area contributed by atoms with Gasteiger partial charge < -0.3 is 11.1 Å². The highest BCUT2D eigenvalue weighted by Gasteiger charge is 2.33. The zero-order valence-corrected chi connectivity index (χ0v) is 10.7. The Kier molecular flexibility index (Phi) is 4.62. The van der Waals surface area contributed by atoms with Gasteiger partial charge in [0.2, 0.25) is 5.91 Å². The molecule has 1 aromatic rings. The number of hydrogen-bond donors (Lipinski definition) is 2. The van der Waals surface area contributed by atoms with Gasteiger partial charge >= 0.3 is 0 Å². The minimum absolute atomic E-state index is 0.0162. The lowest BCUT2D eigenvalue weighted by Gasteiger charge is -2.28. The molecule has 1 heterocycles. The van der Waals surface area contributed by atoms with Crippen molar-refractivity contribution in [2.75, 3.05) is 6.54 Å². The summed E-state index contributed by atoms with van der Waals surface area (Å²) < 4.78 is 1.61. The number of carbonyl (C=O) groups excluding carboxylic acids is 1. The molecule has 17 heavy (non-hydrogen) atoms. The number of nitrogens with two attached hydrogens (primary N) is 1. The molecule has 96 valence electrons. The predicted octanol–water partition coefficient (Wildman–Crippen LogP) is 0.196. The fraction of sp³-hybridized carbons (Fsp3) is 0.727. The summed E-state index contributed by atoms with van der Waals surface area (Å²) in [5, 5.41) is 6.95. The Balaban J connectivity index is 2.59. The van der Waals surface area contributed by atoms with Crippen LogP contribution in [-0.4, -0.2) is 27.2 Å². The molecular formula is C11H21N5O. The summed E-state index contributed by atoms with van der Waals surface area (Å²) in [4.78, 5) is 16.1. The number of rotatable bonds is 6. The topological polar surface area (TPSA) is 85.8 Å². The molecule has 0 radical (unpaired) electrons. The van der Waals surface area contributed by atoms with Crippen LogP contribution < -0.4 is 11.1 Å². The van der Waals surface area contributed by atoms with Gasteiger partial charge in [-0.15, -0.1) is 0 Å². The highest BCUT2D eigenvalue weighted by molar-refractivity contribution is 5.82. The van der Waals surface area contributed by atoms with Crippen molar-refractivity contribution < 1.29 is 4.79 Å². The van der Waals surface area contributed by atoms with Crippen LogP contribution in [0.4, 0.5) is 0 Å². The molecule has 1 rings (SSSR count). The van der Waals surface area contributed by atoms with Crippen LogP contribution in [0.15, 0.2) is 6.33 Å². The van der Waals surface area contributed by atoms with Crippen LogP contribution >= 0.6 is 0 Å². The number of aromatic nitrogens is 3. The van der Waals surface area contributed by atoms with E-state index in [0.717, 1.165) is 12.8 Å². The summed E-state index contributed by atoms with van der Waals surface area (Å²) in [5.41, 5.74) is 5.24. The van der Waals surface area contributed by atoms with Crippen LogP contribution in [0.1, 0.15) is 32.5 Å². The molecule has 0 spiro atoms. The molecule has 6 heteroatoms. The first-order valence-corrected chi connectivity index (χ1v) is 5.91. The van der Waals surface area contributed by atoms with Gasteiger partial charge in [0, 0.05) is 13.6 Å². The van der Waals surface area contributed by atoms with Gasteiger partial charge in [0.15, 0.2) is 5.82 Å². The Labute approximate surface area is 102 Å². The van der Waals surface area contributed by atoms with E-state index in [-0.39, 0.29) is 5.91 Å². The number of aryl methyl sites for hydroxylation is 1. The van der Waals surface area contributed by atoms with Crippen molar-refractivity contribution in [3.63, 3.8) is 0 Å². The standard InChI is InChI=1S/C11H21N5O/c1-4-11(5-2,7-12)10(17)13-6-9-14-8-16(3)15-9/h8H,4-7,12H2,1-3H3,(H,13,17). The van der Waals surface area contributed by atoms with E-state index in [1.165, 1.54) is 0 Å². The molecule has 0 saturated heterocycles. The number of carbonyl (C=O) groups is 1. The quantitative estimate of drug-likeness (QED) is 0.742. The summed E-state index contributed by atoms with van der Waals surface area (Å²) in [6.45, 7) is 4.67. The molecule has 6 nitrogen and oxygen atoms in total. The van der Waals surface area contributed by atoms with Crippen molar-refractivity contribution >= 4 is 5.91 Å². The van der Waals surface area contributed by atoms with E-state index in [0.29, 0.717) is 18.9 Å². The van der Waals surface area contributed by atoms with Crippen molar-refractivity contribution in [1.29, 1.82) is 0 Å². The summed E-state index contributed by atoms with van der Waals surface area (Å²) in [7, 11) is 1.79. The summed E-state index contributed by atoms with van der Waals surface area (Å²) in [5.74, 6) is 0.594. The third kappa shape index (κ3) is 3.03. The van der Waals surface area contributed by atoms with Crippen LogP contribution in [0.3, 0.4) is 0 Å². The monoisotopic (exact) mass is 239 g/mol. The predicted molar refractivity (Wildman–Crippen MR) is 64.9 cm³/mol. The van der Waals surface area contributed by atoms with E-state index in [1.54, 1.807) is 18.1 Å². The van der Waals surface area contributed by atoms with Gasteiger partial charge in [0.05, 0.1) is 12.0 Å². The molecule has 1 amide bonds. The maximum absolute atomic E-state index is 12.1. The van der Waals surface area contributed by atoms with Crippen molar-refractivity contribution in [1.82, 2.24) is 20.1 Å². The Morgan fingerprint density at radius 1 is 1.53 bits per heavy atom. The van der Waals surface area contributed by atoms with E-state index >= 15 is 0 Å². The fourth-order valence-electron chi connectivity index (χ4n) is 1.76. The largest absolute Gasteiger partial charge is 0.348 e. The van der Waals surface area contributed by atoms with Crippen LogP contribution in [0.5, 0.6) is 0 Å². The number of hydrogen-bond acceptors (Lipinski definition) is 4. The second-order valence-corrected chi connectivity index (χ2v) is 4.21. The van der Waals surface area contributed by atoms with E-state index in [4.69, 9.17) is 5.73 Å². The van der Waals surface area contributed by atoms with Crippen LogP contribution in [0.2, 0.25) is 0 Å². The third-order valence-corrected chi connectivity index (χ3v) is 3.28. The van der Waals surface area contributed by atoms with Crippen molar-refractivity contribution in [3.05, 3.63) is 12.2 Å². The molecule has 0 bridgehead atoms. The molecule has 0 fully saturated rings. The maximum Gasteiger partial charge on any atom is 0.227 e. The smallest absolute Gasteiger partial charge is 0.227 e. The van der Waals surface area contributed by atoms with Crippen LogP contribution in [0, 0.1) is 5.41 Å². The average Bonchev–Trinajstić information content (AvgIpc) is 2.75. The highest BCUT2D eigenvalue weighted by Crippen LogP contribution is 2.24. The Morgan fingerprint density at radius 3 is 2.59 bits per heavy atom. The lowest BCUT2D eigenvalue weighted by atomic mass is 9.81. The first-order valence-electron chi connectivity index (χ1n) is 5.91. The minimum Gasteiger partial charge on any atom is -0.348 e. The van der Waals surface area contributed by atoms with Gasteiger partial charge in [-0.25, -0.2) is 4.98 Å². The summed E-state index contributed by atoms with van der Waals surface area (Å²) >= 11 is 0. The van der Waals surface area contributed by atoms with Crippen molar-refractivity contribution in [2.24, 2.45) is 18.2 Å². The highest BCUT2D eigenvalue weighted by atomic mass is 16.2. The van der Waals surface area contributed by atoms with Gasteiger partial charge in [-0.1, -0.05) is 13.8 Å². The van der Waals surface area contributed by atoms with Gasteiger partial charge in [-0.2, -0.15) is 5.10 Å². The second kappa shape index (κ2) is 5.77. The summed E-state index contributed by atoms with van der Waals surface area (Å²) in [6.07, 6.45) is 3.08. The van der Waals surface area contributed by atoms with Gasteiger partial charge in [0.1, 0.15) is 6.33 Å². The summed E-state index contributed by atoms with van der Waals surface area (Å²) in [6, 6.07) is 0. The zero-order chi connectivity index (χ0) is 12.9. The molecule has 0 aliphatic heterocycles. The average molecular weight is 239 g/mol. The zero-order valence-electron chi connectivity index (χ0n) is 10.7. The number of nitrogens with one attached hydrogen (secondary N) is 1. The van der Waals surface area contributed by atoms with Gasteiger partial charge in [-0.05, 0) is 12.8 Å². The first-order chi connectivity index (χ1) is 8.07. The number of amides is 1. The van der Waals surface area contributed by atoms with Crippen LogP contribution in [-0.2, 0) is 18.4 Å². The molecule has 0 aromatic carbocycles. The van der Waals surface area contributed by atoms with Crippen LogP contribution in [0.25, 0.3) is 0 Å². The first kappa shape index (κ1) is 13.6. The Morgan fingerprint density at radius 2 is 2.18 bits per heavy atom. The second-order valence-electron chi connectivity index (χ2n) is 4.21. The number of nitrogens with zero attached hydrogens (tertiary/aromatic N) is 3. The molecule has 0 atom stereocenters. The van der Waals surface area contributed by atoms with E-state index in [2.05, 4.69) is 15.4 Å². The molecule has 0 aliphatic carbocycles. The lowest BCUT2D eigenvalue weighted by Crippen LogP contribution is -2.45. The van der Waals surface area contributed by atoms with Crippen molar-refractivity contribution in [3.8, 4) is 0 Å². The van der Waals surface area contributed by atoms with E-state index in [9.17, 15) is 4.79 Å². The molecule has 0 saturated carbocycles. The van der Waals surface area contributed by atoms with E-state index < -0.39 is 5.41 Å². The molecule has 0 aliphatic rings. The van der Waals surface area contributed by atoms with Gasteiger partial charge in [-0.3, -0.25) is 9.48 Å². The Hall–Kier alpha value is -1.43. The SMILES string of the molecule is CCC(CC)(CN)C(=O)NCc1ncn(C)n1. The van der Waals surface area contributed by atoms with Crippen molar-refractivity contribution in [2.45, 2.75) is 33.2 Å². The maximum atomic E-state index is 12.1. The lowest BCUT2D eigenvalue weighted by molar-refractivity contribution is -0.131. The normalized spacial score (nSPS) is 11.5. The third-order valence-electron chi connectivity index (χ3n) is 3.28. The van der Waals surface area contributed by atoms with E-state index in [1.807, 2.05) is 13.8 Å². The molecule has 1 aromatic heterocycles. The molecule has 3 N–H and O–H groups in total. The molecule has 0 unspecified atom stereocenters. The Bertz CT molecular complexity index is 361. The minimum atomic E-state index is -0.464. The fourth-order valence-corrected chi connectivity index (χ4v) is 1.76. The van der Waals surface area contributed by atoms with Gasteiger partial charge in [0.25, 0.3) is 0 Å². The molecular weight excluding hydrogens is 218 g/mol.